The number of urea groups is 1. The van der Waals surface area contributed by atoms with E-state index in [0.29, 0.717) is 25.9 Å². The Morgan fingerprint density at radius 2 is 2.22 bits per heavy atom. The predicted molar refractivity (Wildman–Crippen MR) is 67.2 cm³/mol. The predicted octanol–water partition coefficient (Wildman–Crippen LogP) is 1.41. The van der Waals surface area contributed by atoms with Gasteiger partial charge in [0.15, 0.2) is 0 Å². The Morgan fingerprint density at radius 3 is 2.67 bits per heavy atom. The van der Waals surface area contributed by atoms with Crippen LogP contribution in [0, 0.1) is 11.3 Å². The van der Waals surface area contributed by atoms with Crippen LogP contribution < -0.4 is 0 Å². The summed E-state index contributed by atoms with van der Waals surface area (Å²) in [6, 6.07) is 0.00252. The zero-order valence-electron chi connectivity index (χ0n) is 11.1. The molecule has 0 radical (unpaired) electrons. The van der Waals surface area contributed by atoms with E-state index in [9.17, 15) is 14.7 Å². The molecule has 2 atom stereocenters. The highest BCUT2D eigenvalue weighted by Gasteiger charge is 2.47. The quantitative estimate of drug-likeness (QED) is 0.756. The lowest BCUT2D eigenvalue weighted by molar-refractivity contribution is -0.146. The van der Waals surface area contributed by atoms with Gasteiger partial charge in [-0.25, -0.2) is 4.79 Å². The summed E-state index contributed by atoms with van der Waals surface area (Å²) in [7, 11) is 3.47. The number of hydrogen-bond acceptors (Lipinski definition) is 2. The Labute approximate surface area is 107 Å². The Morgan fingerprint density at radius 1 is 1.56 bits per heavy atom. The van der Waals surface area contributed by atoms with Gasteiger partial charge in [-0.3, -0.25) is 4.79 Å². The average Bonchev–Trinajstić information content (AvgIpc) is 2.82. The van der Waals surface area contributed by atoms with E-state index in [1.165, 1.54) is 0 Å². The summed E-state index contributed by atoms with van der Waals surface area (Å²) in [6.07, 6.45) is 3.14. The summed E-state index contributed by atoms with van der Waals surface area (Å²) in [5, 5.41) is 9.35. The highest BCUT2D eigenvalue weighted by Crippen LogP contribution is 2.46. The van der Waals surface area contributed by atoms with Crippen molar-refractivity contribution in [2.24, 2.45) is 11.3 Å². The van der Waals surface area contributed by atoms with Gasteiger partial charge in [0.05, 0.1) is 5.41 Å². The summed E-state index contributed by atoms with van der Waals surface area (Å²) in [5.74, 6) is -0.512. The minimum absolute atomic E-state index is 0.00252. The van der Waals surface area contributed by atoms with Gasteiger partial charge in [0, 0.05) is 33.1 Å². The maximum atomic E-state index is 11.8. The van der Waals surface area contributed by atoms with Crippen molar-refractivity contribution in [2.45, 2.75) is 19.8 Å². The second kappa shape index (κ2) is 4.30. The van der Waals surface area contributed by atoms with Gasteiger partial charge in [-0.1, -0.05) is 13.0 Å². The molecule has 18 heavy (non-hydrogen) atoms. The van der Waals surface area contributed by atoms with Gasteiger partial charge < -0.3 is 14.9 Å². The van der Waals surface area contributed by atoms with E-state index < -0.39 is 11.4 Å². The molecular weight excluding hydrogens is 232 g/mol. The molecule has 0 spiro atoms. The van der Waals surface area contributed by atoms with E-state index in [1.807, 2.05) is 13.0 Å². The maximum Gasteiger partial charge on any atom is 0.319 e. The summed E-state index contributed by atoms with van der Waals surface area (Å²) < 4.78 is 0. The fourth-order valence-corrected chi connectivity index (χ4v) is 2.99. The van der Waals surface area contributed by atoms with Crippen molar-refractivity contribution >= 4 is 12.0 Å². The van der Waals surface area contributed by atoms with Crippen LogP contribution in [0.3, 0.4) is 0 Å². The Kier molecular flexibility index (Phi) is 3.09. The van der Waals surface area contributed by atoms with Gasteiger partial charge in [0.1, 0.15) is 0 Å². The number of carbonyl (C=O) groups excluding carboxylic acids is 1. The zero-order chi connectivity index (χ0) is 13.5. The van der Waals surface area contributed by atoms with Gasteiger partial charge >= 0.3 is 12.0 Å². The molecule has 1 aliphatic carbocycles. The standard InChI is InChI=1S/C13H20N2O3/c1-4-13(11(16)17)5-9-7-15(8-10(9)6-13)12(18)14(2)3/h5,10H,4,6-8H2,1-3H3,(H,16,17). The molecule has 0 bridgehead atoms. The highest BCUT2D eigenvalue weighted by molar-refractivity contribution is 5.79. The molecule has 100 valence electrons. The number of nitrogens with zero attached hydrogens (tertiary/aromatic N) is 2. The van der Waals surface area contributed by atoms with Crippen molar-refractivity contribution in [2.75, 3.05) is 27.2 Å². The number of amides is 2. The van der Waals surface area contributed by atoms with Crippen molar-refractivity contribution in [3.05, 3.63) is 11.6 Å². The molecule has 2 unspecified atom stereocenters. The molecule has 1 N–H and O–H groups in total. The van der Waals surface area contributed by atoms with Crippen LogP contribution in [0.1, 0.15) is 19.8 Å². The Balaban J connectivity index is 2.15. The van der Waals surface area contributed by atoms with E-state index in [-0.39, 0.29) is 11.9 Å². The van der Waals surface area contributed by atoms with E-state index in [0.717, 1.165) is 5.57 Å². The number of fused-ring (bicyclic) bond motifs is 1. The minimum atomic E-state index is -0.739. The Bertz CT molecular complexity index is 416. The number of rotatable bonds is 2. The highest BCUT2D eigenvalue weighted by atomic mass is 16.4. The first-order valence-electron chi connectivity index (χ1n) is 6.31. The lowest BCUT2D eigenvalue weighted by Crippen LogP contribution is -2.38. The number of carboxylic acids is 1. The van der Waals surface area contributed by atoms with Crippen molar-refractivity contribution in [3.8, 4) is 0 Å². The fraction of sp³-hybridized carbons (Fsp3) is 0.692. The van der Waals surface area contributed by atoms with E-state index in [4.69, 9.17) is 0 Å². The summed E-state index contributed by atoms with van der Waals surface area (Å²) in [6.45, 7) is 3.14. The second-order valence-electron chi connectivity index (χ2n) is 5.49. The normalized spacial score (nSPS) is 30.1. The molecule has 5 heteroatoms. The minimum Gasteiger partial charge on any atom is -0.481 e. The van der Waals surface area contributed by atoms with Crippen LogP contribution in [0.4, 0.5) is 4.79 Å². The first kappa shape index (κ1) is 12.9. The van der Waals surface area contributed by atoms with Crippen molar-refractivity contribution in [3.63, 3.8) is 0 Å². The number of likely N-dealkylation sites (tertiary alicyclic amines) is 1. The molecule has 5 nitrogen and oxygen atoms in total. The summed E-state index contributed by atoms with van der Waals surface area (Å²) >= 11 is 0. The van der Waals surface area contributed by atoms with Gasteiger partial charge in [0.25, 0.3) is 0 Å². The molecule has 1 fully saturated rings. The molecule has 0 aromatic rings. The second-order valence-corrected chi connectivity index (χ2v) is 5.49. The first-order valence-corrected chi connectivity index (χ1v) is 6.31. The molecule has 0 aromatic carbocycles. The van der Waals surface area contributed by atoms with Crippen molar-refractivity contribution < 1.29 is 14.7 Å². The van der Waals surface area contributed by atoms with E-state index in [2.05, 4.69) is 0 Å². The van der Waals surface area contributed by atoms with Crippen molar-refractivity contribution in [1.82, 2.24) is 9.80 Å². The monoisotopic (exact) mass is 252 g/mol. The number of aliphatic carboxylic acids is 1. The van der Waals surface area contributed by atoms with Crippen LogP contribution in [-0.2, 0) is 4.79 Å². The lowest BCUT2D eigenvalue weighted by atomic mass is 9.83. The Hall–Kier alpha value is -1.52. The van der Waals surface area contributed by atoms with Crippen LogP contribution in [-0.4, -0.2) is 54.1 Å². The summed E-state index contributed by atoms with van der Waals surface area (Å²) in [4.78, 5) is 26.6. The largest absolute Gasteiger partial charge is 0.481 e. The molecular formula is C13H20N2O3. The fourth-order valence-electron chi connectivity index (χ4n) is 2.99. The SMILES string of the molecule is CCC1(C(=O)O)C=C2CN(C(=O)N(C)C)CC2C1. The van der Waals surface area contributed by atoms with Crippen LogP contribution in [0.15, 0.2) is 11.6 Å². The molecule has 0 saturated carbocycles. The molecule has 2 amide bonds. The number of carbonyl (C=O) groups is 2. The maximum absolute atomic E-state index is 11.8. The third-order valence-corrected chi connectivity index (χ3v) is 4.12. The van der Waals surface area contributed by atoms with Gasteiger partial charge in [-0.15, -0.1) is 0 Å². The van der Waals surface area contributed by atoms with Crippen LogP contribution in [0.25, 0.3) is 0 Å². The first-order chi connectivity index (χ1) is 8.39. The van der Waals surface area contributed by atoms with E-state index >= 15 is 0 Å². The van der Waals surface area contributed by atoms with Crippen LogP contribution in [0.5, 0.6) is 0 Å². The lowest BCUT2D eigenvalue weighted by Gasteiger charge is -2.25. The molecule has 1 aliphatic heterocycles. The summed E-state index contributed by atoms with van der Waals surface area (Å²) in [5.41, 5.74) is 0.419. The van der Waals surface area contributed by atoms with Gasteiger partial charge in [0.2, 0.25) is 0 Å². The zero-order valence-corrected chi connectivity index (χ0v) is 11.1. The molecule has 1 saturated heterocycles. The molecule has 0 aromatic heterocycles. The van der Waals surface area contributed by atoms with Gasteiger partial charge in [-0.2, -0.15) is 0 Å². The topological polar surface area (TPSA) is 60.9 Å². The third kappa shape index (κ3) is 1.87. The van der Waals surface area contributed by atoms with Crippen LogP contribution in [0.2, 0.25) is 0 Å². The number of carboxylic acid groups (broad SMARTS) is 1. The third-order valence-electron chi connectivity index (χ3n) is 4.12. The smallest absolute Gasteiger partial charge is 0.319 e. The average molecular weight is 252 g/mol. The molecule has 2 aliphatic rings. The van der Waals surface area contributed by atoms with Crippen LogP contribution >= 0.6 is 0 Å². The van der Waals surface area contributed by atoms with Gasteiger partial charge in [-0.05, 0) is 18.4 Å². The number of hydrogen-bond donors (Lipinski definition) is 1. The molecule has 2 rings (SSSR count). The molecule has 1 heterocycles. The van der Waals surface area contributed by atoms with Crippen molar-refractivity contribution in [1.29, 1.82) is 0 Å². The van der Waals surface area contributed by atoms with E-state index in [1.54, 1.807) is 23.9 Å².